The van der Waals surface area contributed by atoms with Crippen molar-refractivity contribution in [2.45, 2.75) is 38.1 Å². The van der Waals surface area contributed by atoms with Crippen molar-refractivity contribution < 1.29 is 17.9 Å². The van der Waals surface area contributed by atoms with Crippen molar-refractivity contribution in [3.8, 4) is 17.0 Å². The lowest BCUT2D eigenvalue weighted by molar-refractivity contribution is 0.398. The third kappa shape index (κ3) is 5.36. The number of pyridine rings is 1. The molecule has 1 unspecified atom stereocenters. The molecular formula is C26H24ClFN5O3S-. The van der Waals surface area contributed by atoms with E-state index in [0.717, 1.165) is 23.7 Å². The normalized spacial score (nSPS) is 14.9. The molecule has 5 rings (SSSR count). The van der Waals surface area contributed by atoms with Crippen LogP contribution >= 0.6 is 11.6 Å². The number of nitrogens with one attached hydrogen (secondary N) is 1. The molecule has 2 aromatic carbocycles. The van der Waals surface area contributed by atoms with Crippen LogP contribution in [0.15, 0.2) is 54.7 Å². The molecule has 0 aliphatic heterocycles. The smallest absolute Gasteiger partial charge is 0.223 e. The maximum atomic E-state index is 15.4. The number of benzene rings is 2. The van der Waals surface area contributed by atoms with Crippen LogP contribution in [-0.4, -0.2) is 36.9 Å². The van der Waals surface area contributed by atoms with E-state index in [1.54, 1.807) is 24.4 Å². The number of para-hydroxylation sites is 1. The molecule has 0 saturated heterocycles. The van der Waals surface area contributed by atoms with Gasteiger partial charge in [-0.05, 0) is 48.7 Å². The molecular weight excluding hydrogens is 517 g/mol. The molecule has 11 heteroatoms. The van der Waals surface area contributed by atoms with Gasteiger partial charge in [-0.25, -0.2) is 14.4 Å². The highest BCUT2D eigenvalue weighted by Gasteiger charge is 2.23. The van der Waals surface area contributed by atoms with Gasteiger partial charge in [0.1, 0.15) is 0 Å². The van der Waals surface area contributed by atoms with Crippen LogP contribution in [0.3, 0.4) is 0 Å². The fourth-order valence-corrected chi connectivity index (χ4v) is 5.41. The van der Waals surface area contributed by atoms with Gasteiger partial charge >= 0.3 is 0 Å². The molecule has 1 atom stereocenters. The Bertz CT molecular complexity index is 1470. The van der Waals surface area contributed by atoms with Crippen LogP contribution < -0.4 is 14.4 Å². The Labute approximate surface area is 221 Å². The number of nitrogens with zero attached hydrogens (tertiary/aromatic N) is 4. The molecule has 1 aliphatic rings. The molecule has 0 bridgehead atoms. The molecule has 8 nitrogen and oxygen atoms in total. The molecule has 2 aromatic heterocycles. The largest absolute Gasteiger partial charge is 0.755 e. The van der Waals surface area contributed by atoms with Crippen LogP contribution in [0.2, 0.25) is 5.02 Å². The average Bonchev–Trinajstić information content (AvgIpc) is 2.90. The first-order valence-corrected chi connectivity index (χ1v) is 13.3. The first-order valence-electron chi connectivity index (χ1n) is 11.9. The third-order valence-corrected chi connectivity index (χ3v) is 7.35. The van der Waals surface area contributed by atoms with E-state index >= 15 is 4.39 Å². The van der Waals surface area contributed by atoms with Crippen LogP contribution in [-0.2, 0) is 11.3 Å². The lowest BCUT2D eigenvalue weighted by Gasteiger charge is -2.27. The van der Waals surface area contributed by atoms with E-state index in [1.807, 2.05) is 12.1 Å². The number of anilines is 3. The van der Waals surface area contributed by atoms with E-state index in [-0.39, 0.29) is 16.6 Å². The summed E-state index contributed by atoms with van der Waals surface area (Å²) in [5.74, 6) is -0.672. The van der Waals surface area contributed by atoms with E-state index in [2.05, 4.69) is 20.3 Å². The van der Waals surface area contributed by atoms with Gasteiger partial charge in [-0.1, -0.05) is 49.1 Å². The molecule has 0 amide bonds. The minimum Gasteiger partial charge on any atom is -0.755 e. The molecule has 2 heterocycles. The number of rotatable bonds is 7. The van der Waals surface area contributed by atoms with Gasteiger partial charge in [-0.2, -0.15) is 4.98 Å². The fraction of sp³-hybridized carbons (Fsp3) is 0.269. The standard InChI is InChI=1S/C26H25ClFN5O3S/c1-36-25-19(14-21(28)24(32-25)33(37(34)35)23-10-6-5-9-20(23)27)16-11-12-22-17(13-16)15-29-26(31-22)30-18-7-3-2-4-8-18/h5-6,9-15,18H,2-4,7-8H2,1H3,(H,34,35)(H,29,30,31)/p-1. The number of hydrogen-bond acceptors (Lipinski definition) is 7. The molecule has 192 valence electrons. The third-order valence-electron chi connectivity index (χ3n) is 6.36. The van der Waals surface area contributed by atoms with Gasteiger partial charge < -0.3 is 14.6 Å². The van der Waals surface area contributed by atoms with Gasteiger partial charge in [0, 0.05) is 23.2 Å². The molecule has 4 aromatic rings. The topological polar surface area (TPSA) is 103 Å². The summed E-state index contributed by atoms with van der Waals surface area (Å²) in [6.45, 7) is 0. The second kappa shape index (κ2) is 11.0. The monoisotopic (exact) mass is 540 g/mol. The Kier molecular flexibility index (Phi) is 7.50. The molecule has 0 radical (unpaired) electrons. The Hall–Kier alpha value is -3.34. The predicted octanol–water partition coefficient (Wildman–Crippen LogP) is 6.17. The van der Waals surface area contributed by atoms with E-state index in [0.29, 0.717) is 27.4 Å². The molecule has 37 heavy (non-hydrogen) atoms. The highest BCUT2D eigenvalue weighted by molar-refractivity contribution is 7.81. The number of aromatic nitrogens is 3. The second-order valence-electron chi connectivity index (χ2n) is 8.76. The van der Waals surface area contributed by atoms with Crippen molar-refractivity contribution in [3.63, 3.8) is 0 Å². The SMILES string of the molecule is COc1nc(N(c2ccccc2Cl)S(=O)[O-])c(F)cc1-c1ccc2nc(NC3CCCCC3)ncc2c1. The van der Waals surface area contributed by atoms with Crippen LogP contribution in [0.4, 0.5) is 21.8 Å². The van der Waals surface area contributed by atoms with E-state index in [4.69, 9.17) is 16.3 Å². The maximum absolute atomic E-state index is 15.4. The zero-order chi connectivity index (χ0) is 25.9. The van der Waals surface area contributed by atoms with Crippen LogP contribution in [0.5, 0.6) is 5.88 Å². The van der Waals surface area contributed by atoms with Gasteiger partial charge in [0.2, 0.25) is 11.8 Å². The molecule has 1 aliphatic carbocycles. The summed E-state index contributed by atoms with van der Waals surface area (Å²) in [5.41, 5.74) is 1.78. The van der Waals surface area contributed by atoms with Gasteiger partial charge in [-0.3, -0.25) is 8.51 Å². The summed E-state index contributed by atoms with van der Waals surface area (Å²) in [4.78, 5) is 13.3. The Balaban J connectivity index is 1.49. The predicted molar refractivity (Wildman–Crippen MR) is 142 cm³/mol. The van der Waals surface area contributed by atoms with Gasteiger partial charge in [0.05, 0.1) is 34.6 Å². The quantitative estimate of drug-likeness (QED) is 0.279. The number of halogens is 2. The highest BCUT2D eigenvalue weighted by atomic mass is 35.5. The van der Waals surface area contributed by atoms with E-state index in [9.17, 15) is 8.76 Å². The maximum Gasteiger partial charge on any atom is 0.223 e. The fourth-order valence-electron chi connectivity index (χ4n) is 4.55. The molecule has 0 spiro atoms. The summed E-state index contributed by atoms with van der Waals surface area (Å²) in [7, 11) is 1.38. The zero-order valence-electron chi connectivity index (χ0n) is 20.0. The lowest BCUT2D eigenvalue weighted by Crippen LogP contribution is -2.23. The summed E-state index contributed by atoms with van der Waals surface area (Å²) in [5, 5.41) is 4.31. The Morgan fingerprint density at radius 1 is 1.14 bits per heavy atom. The van der Waals surface area contributed by atoms with Gasteiger partial charge in [0.25, 0.3) is 0 Å². The van der Waals surface area contributed by atoms with Crippen LogP contribution in [0.1, 0.15) is 32.1 Å². The van der Waals surface area contributed by atoms with Crippen molar-refractivity contribution in [1.29, 1.82) is 0 Å². The van der Waals surface area contributed by atoms with Crippen LogP contribution in [0, 0.1) is 5.82 Å². The Morgan fingerprint density at radius 2 is 1.92 bits per heavy atom. The highest BCUT2D eigenvalue weighted by Crippen LogP contribution is 2.38. The second-order valence-corrected chi connectivity index (χ2v) is 9.97. The van der Waals surface area contributed by atoms with Crippen molar-refractivity contribution >= 4 is 51.2 Å². The number of ether oxygens (including phenoxy) is 1. The van der Waals surface area contributed by atoms with E-state index < -0.39 is 22.9 Å². The average molecular weight is 541 g/mol. The number of methoxy groups -OCH3 is 1. The summed E-state index contributed by atoms with van der Waals surface area (Å²) in [6, 6.07) is 13.2. The molecule has 1 saturated carbocycles. The number of hydrogen-bond donors (Lipinski definition) is 1. The summed E-state index contributed by atoms with van der Waals surface area (Å²) < 4.78 is 45.6. The summed E-state index contributed by atoms with van der Waals surface area (Å²) >= 11 is 3.28. The van der Waals surface area contributed by atoms with Crippen molar-refractivity contribution in [2.75, 3.05) is 16.7 Å². The van der Waals surface area contributed by atoms with Crippen molar-refractivity contribution in [2.24, 2.45) is 0 Å². The van der Waals surface area contributed by atoms with Crippen LogP contribution in [0.25, 0.3) is 22.0 Å². The minimum atomic E-state index is -2.89. The minimum absolute atomic E-state index is 0.0507. The first kappa shape index (κ1) is 25.3. The lowest BCUT2D eigenvalue weighted by atomic mass is 9.96. The number of fused-ring (bicyclic) bond motifs is 1. The van der Waals surface area contributed by atoms with Gasteiger partial charge in [-0.15, -0.1) is 0 Å². The molecule has 1 fully saturated rings. The van der Waals surface area contributed by atoms with Crippen molar-refractivity contribution in [3.05, 3.63) is 65.6 Å². The Morgan fingerprint density at radius 3 is 2.65 bits per heavy atom. The van der Waals surface area contributed by atoms with E-state index in [1.165, 1.54) is 44.6 Å². The first-order chi connectivity index (χ1) is 17.9. The van der Waals surface area contributed by atoms with Crippen molar-refractivity contribution in [1.82, 2.24) is 15.0 Å². The van der Waals surface area contributed by atoms with Gasteiger partial charge in [0.15, 0.2) is 11.6 Å². The molecule has 1 N–H and O–H groups in total. The summed E-state index contributed by atoms with van der Waals surface area (Å²) in [6.07, 6.45) is 7.64. The zero-order valence-corrected chi connectivity index (χ0v) is 21.6.